The van der Waals surface area contributed by atoms with Gasteiger partial charge in [0.15, 0.2) is 0 Å². The van der Waals surface area contributed by atoms with E-state index in [0.717, 1.165) is 52.4 Å². The Hall–Kier alpha value is -3.80. The lowest BCUT2D eigenvalue weighted by atomic mass is 10.0. The molecule has 3 aromatic carbocycles. The van der Waals surface area contributed by atoms with E-state index in [0.29, 0.717) is 24.2 Å². The average molecular weight is 473 g/mol. The highest BCUT2D eigenvalue weighted by Crippen LogP contribution is 2.38. The number of unbranched alkanes of at least 4 members (excludes halogenated alkanes) is 2. The molecule has 0 aliphatic heterocycles. The molecule has 4 rings (SSSR count). The molecule has 0 atom stereocenters. The van der Waals surface area contributed by atoms with Crippen molar-refractivity contribution in [2.24, 2.45) is 12.8 Å². The molecule has 0 aliphatic carbocycles. The molecule has 0 unspecified atom stereocenters. The highest BCUT2D eigenvalue weighted by Gasteiger charge is 2.19. The molecule has 0 aliphatic rings. The summed E-state index contributed by atoms with van der Waals surface area (Å²) in [5.74, 6) is -0.0675. The number of carbonyl (C=O) groups is 2. The second kappa shape index (κ2) is 10.6. The Morgan fingerprint density at radius 2 is 1.71 bits per heavy atom. The van der Waals surface area contributed by atoms with E-state index in [4.69, 9.17) is 15.2 Å². The standard InChI is InChI=1S/C29H32N2O4/c1-4-5-6-9-20-17-24-27(26-22(28(30)32)12-8-13-23(26)31(24)2)25(18-20)35-15-14-19-10-7-11-21(16-19)29(33)34-3/h7-8,10-13,16-18H,4-6,9,14-15H2,1-3H3,(H2,30,32). The number of hydrogen-bond acceptors (Lipinski definition) is 4. The lowest BCUT2D eigenvalue weighted by molar-refractivity contribution is 0.0600. The number of primary amides is 1. The van der Waals surface area contributed by atoms with Gasteiger partial charge >= 0.3 is 5.97 Å². The van der Waals surface area contributed by atoms with E-state index in [1.54, 1.807) is 12.1 Å². The fourth-order valence-electron chi connectivity index (χ4n) is 4.68. The number of amides is 1. The van der Waals surface area contributed by atoms with Gasteiger partial charge in [-0.3, -0.25) is 4.79 Å². The van der Waals surface area contributed by atoms with Crippen LogP contribution >= 0.6 is 0 Å². The Balaban J connectivity index is 1.73. The largest absolute Gasteiger partial charge is 0.493 e. The Kier molecular flexibility index (Phi) is 7.39. The summed E-state index contributed by atoms with van der Waals surface area (Å²) < 4.78 is 13.3. The molecular formula is C29H32N2O4. The number of aryl methyl sites for hydroxylation is 2. The van der Waals surface area contributed by atoms with Gasteiger partial charge in [0.1, 0.15) is 5.75 Å². The minimum Gasteiger partial charge on any atom is -0.493 e. The number of carbonyl (C=O) groups excluding carboxylic acids is 2. The molecule has 4 aromatic rings. The van der Waals surface area contributed by atoms with Gasteiger partial charge in [0.25, 0.3) is 0 Å². The summed E-state index contributed by atoms with van der Waals surface area (Å²) in [6, 6.07) is 17.3. The maximum absolute atomic E-state index is 12.3. The third-order valence-corrected chi connectivity index (χ3v) is 6.49. The fourth-order valence-corrected chi connectivity index (χ4v) is 4.68. The average Bonchev–Trinajstić information content (AvgIpc) is 3.16. The van der Waals surface area contributed by atoms with Crippen LogP contribution in [-0.4, -0.2) is 30.2 Å². The Morgan fingerprint density at radius 3 is 2.46 bits per heavy atom. The van der Waals surface area contributed by atoms with Gasteiger partial charge in [-0.15, -0.1) is 0 Å². The molecule has 182 valence electrons. The van der Waals surface area contributed by atoms with Crippen molar-refractivity contribution in [3.63, 3.8) is 0 Å². The molecule has 0 fully saturated rings. The highest BCUT2D eigenvalue weighted by atomic mass is 16.5. The summed E-state index contributed by atoms with van der Waals surface area (Å²) in [4.78, 5) is 24.1. The quantitative estimate of drug-likeness (QED) is 0.242. The van der Waals surface area contributed by atoms with E-state index in [1.165, 1.54) is 19.1 Å². The fraction of sp³-hybridized carbons (Fsp3) is 0.310. The Labute approximate surface area is 205 Å². The van der Waals surface area contributed by atoms with Crippen LogP contribution in [0.1, 0.15) is 58.0 Å². The predicted molar refractivity (Wildman–Crippen MR) is 139 cm³/mol. The van der Waals surface area contributed by atoms with Crippen molar-refractivity contribution in [3.05, 3.63) is 76.9 Å². The zero-order chi connectivity index (χ0) is 24.9. The van der Waals surface area contributed by atoms with Gasteiger partial charge in [0.05, 0.1) is 30.2 Å². The van der Waals surface area contributed by atoms with Gasteiger partial charge < -0.3 is 19.8 Å². The number of nitrogens with two attached hydrogens (primary N) is 1. The van der Waals surface area contributed by atoms with Gasteiger partial charge in [-0.1, -0.05) is 38.0 Å². The lowest BCUT2D eigenvalue weighted by Gasteiger charge is -2.12. The molecule has 1 heterocycles. The van der Waals surface area contributed by atoms with Crippen LogP contribution in [0.2, 0.25) is 0 Å². The molecule has 0 spiro atoms. The SMILES string of the molecule is CCCCCc1cc(OCCc2cccc(C(=O)OC)c2)c2c3c(C(N)=O)cccc3n(C)c2c1. The van der Waals surface area contributed by atoms with E-state index in [-0.39, 0.29) is 5.97 Å². The van der Waals surface area contributed by atoms with Crippen molar-refractivity contribution in [1.82, 2.24) is 4.57 Å². The second-order valence-electron chi connectivity index (χ2n) is 8.86. The number of ether oxygens (including phenoxy) is 2. The van der Waals surface area contributed by atoms with Crippen LogP contribution < -0.4 is 10.5 Å². The van der Waals surface area contributed by atoms with E-state index in [2.05, 4.69) is 23.6 Å². The molecule has 6 nitrogen and oxygen atoms in total. The molecule has 1 aromatic heterocycles. The first-order valence-corrected chi connectivity index (χ1v) is 12.1. The number of benzene rings is 3. The molecule has 1 amide bonds. The van der Waals surface area contributed by atoms with Crippen LogP contribution in [0.4, 0.5) is 0 Å². The lowest BCUT2D eigenvalue weighted by Crippen LogP contribution is -2.11. The zero-order valence-corrected chi connectivity index (χ0v) is 20.6. The summed E-state index contributed by atoms with van der Waals surface area (Å²) >= 11 is 0. The van der Waals surface area contributed by atoms with Gasteiger partial charge in [0.2, 0.25) is 5.91 Å². The van der Waals surface area contributed by atoms with Crippen LogP contribution in [0.3, 0.4) is 0 Å². The number of fused-ring (bicyclic) bond motifs is 3. The summed E-state index contributed by atoms with van der Waals surface area (Å²) in [6.07, 6.45) is 5.03. The summed E-state index contributed by atoms with van der Waals surface area (Å²) in [5.41, 5.74) is 10.9. The zero-order valence-electron chi connectivity index (χ0n) is 20.6. The minimum atomic E-state index is -0.458. The number of methoxy groups -OCH3 is 1. The third kappa shape index (κ3) is 5.02. The number of rotatable bonds is 10. The Bertz CT molecular complexity index is 1390. The minimum absolute atomic E-state index is 0.357. The van der Waals surface area contributed by atoms with E-state index in [1.807, 2.05) is 37.4 Å². The normalized spacial score (nSPS) is 11.2. The highest BCUT2D eigenvalue weighted by molar-refractivity contribution is 6.19. The molecular weight excluding hydrogens is 440 g/mol. The van der Waals surface area contributed by atoms with Crippen molar-refractivity contribution in [2.45, 2.75) is 39.0 Å². The topological polar surface area (TPSA) is 83.6 Å². The van der Waals surface area contributed by atoms with Crippen LogP contribution in [-0.2, 0) is 24.6 Å². The number of esters is 1. The first-order valence-electron chi connectivity index (χ1n) is 12.1. The van der Waals surface area contributed by atoms with Crippen LogP contribution in [0, 0.1) is 0 Å². The van der Waals surface area contributed by atoms with Crippen molar-refractivity contribution in [2.75, 3.05) is 13.7 Å². The predicted octanol–water partition coefficient (Wildman–Crippen LogP) is 5.57. The maximum atomic E-state index is 12.3. The molecule has 0 saturated carbocycles. The first kappa shape index (κ1) is 24.3. The van der Waals surface area contributed by atoms with E-state index >= 15 is 0 Å². The first-order chi connectivity index (χ1) is 16.9. The molecule has 2 N–H and O–H groups in total. The second-order valence-corrected chi connectivity index (χ2v) is 8.86. The van der Waals surface area contributed by atoms with Crippen molar-refractivity contribution >= 4 is 33.7 Å². The monoisotopic (exact) mass is 472 g/mol. The molecule has 0 radical (unpaired) electrons. The smallest absolute Gasteiger partial charge is 0.337 e. The van der Waals surface area contributed by atoms with Crippen LogP contribution in [0.15, 0.2) is 54.6 Å². The molecule has 0 saturated heterocycles. The van der Waals surface area contributed by atoms with Crippen molar-refractivity contribution in [1.29, 1.82) is 0 Å². The molecule has 0 bridgehead atoms. The number of nitrogens with zero attached hydrogens (tertiary/aromatic N) is 1. The van der Waals surface area contributed by atoms with Crippen LogP contribution in [0.5, 0.6) is 5.75 Å². The van der Waals surface area contributed by atoms with E-state index in [9.17, 15) is 9.59 Å². The van der Waals surface area contributed by atoms with Gasteiger partial charge in [-0.05, 0) is 60.4 Å². The Morgan fingerprint density at radius 1 is 0.914 bits per heavy atom. The van der Waals surface area contributed by atoms with Crippen molar-refractivity contribution in [3.8, 4) is 5.75 Å². The van der Waals surface area contributed by atoms with Gasteiger partial charge in [-0.25, -0.2) is 4.79 Å². The third-order valence-electron chi connectivity index (χ3n) is 6.49. The number of aromatic nitrogens is 1. The summed E-state index contributed by atoms with van der Waals surface area (Å²) in [6.45, 7) is 2.62. The molecule has 35 heavy (non-hydrogen) atoms. The van der Waals surface area contributed by atoms with Crippen molar-refractivity contribution < 1.29 is 19.1 Å². The van der Waals surface area contributed by atoms with Gasteiger partial charge in [0, 0.05) is 29.9 Å². The van der Waals surface area contributed by atoms with E-state index < -0.39 is 5.91 Å². The number of hydrogen-bond donors (Lipinski definition) is 1. The summed E-state index contributed by atoms with van der Waals surface area (Å²) in [7, 11) is 3.38. The maximum Gasteiger partial charge on any atom is 0.337 e. The molecule has 6 heteroatoms. The van der Waals surface area contributed by atoms with Crippen LogP contribution in [0.25, 0.3) is 21.8 Å². The van der Waals surface area contributed by atoms with Gasteiger partial charge in [-0.2, -0.15) is 0 Å². The summed E-state index contributed by atoms with van der Waals surface area (Å²) in [5, 5.41) is 1.72.